The number of hydrogen-bond acceptors (Lipinski definition) is 5. The van der Waals surface area contributed by atoms with E-state index in [-0.39, 0.29) is 5.91 Å². The number of para-hydroxylation sites is 2. The summed E-state index contributed by atoms with van der Waals surface area (Å²) in [7, 11) is 0. The molecule has 3 aromatic rings. The van der Waals surface area contributed by atoms with Gasteiger partial charge in [0.25, 0.3) is 11.1 Å². The Morgan fingerprint density at radius 3 is 2.68 bits per heavy atom. The fraction of sp³-hybridized carbons (Fsp3) is 0.263. The van der Waals surface area contributed by atoms with Crippen LogP contribution in [-0.2, 0) is 10.5 Å². The predicted molar refractivity (Wildman–Crippen MR) is 96.7 cm³/mol. The number of oxazole rings is 1. The van der Waals surface area contributed by atoms with Gasteiger partial charge in [0.05, 0.1) is 13.2 Å². The number of ether oxygens (including phenoxy) is 1. The summed E-state index contributed by atoms with van der Waals surface area (Å²) in [6.45, 7) is 2.49. The topological polar surface area (TPSA) is 55.6 Å². The Kier molecular flexibility index (Phi) is 4.72. The number of nitrogens with zero attached hydrogens (tertiary/aromatic N) is 2. The van der Waals surface area contributed by atoms with E-state index in [1.807, 2.05) is 53.4 Å². The number of hydrogen-bond donors (Lipinski definition) is 0. The summed E-state index contributed by atoms with van der Waals surface area (Å²) in [5, 5.41) is 0.620. The third-order valence-corrected chi connectivity index (χ3v) is 5.05. The van der Waals surface area contributed by atoms with Gasteiger partial charge in [-0.2, -0.15) is 0 Å². The van der Waals surface area contributed by atoms with Crippen molar-refractivity contribution in [3.63, 3.8) is 0 Å². The number of carbonyl (C=O) groups is 1. The average molecular weight is 354 g/mol. The highest BCUT2D eigenvalue weighted by atomic mass is 32.2. The summed E-state index contributed by atoms with van der Waals surface area (Å²) in [6.07, 6.45) is 0. The minimum absolute atomic E-state index is 0.0667. The molecule has 2 aromatic carbocycles. The van der Waals surface area contributed by atoms with Crippen LogP contribution in [0, 0.1) is 0 Å². The van der Waals surface area contributed by atoms with Gasteiger partial charge in [-0.25, -0.2) is 4.98 Å². The van der Waals surface area contributed by atoms with Gasteiger partial charge >= 0.3 is 0 Å². The van der Waals surface area contributed by atoms with E-state index >= 15 is 0 Å². The molecule has 128 valence electrons. The van der Waals surface area contributed by atoms with E-state index in [4.69, 9.17) is 9.15 Å². The molecule has 0 bridgehead atoms. The molecule has 4 rings (SSSR count). The largest absolute Gasteiger partial charge is 0.431 e. The number of benzene rings is 2. The van der Waals surface area contributed by atoms with Gasteiger partial charge in [0.1, 0.15) is 5.52 Å². The Balaban J connectivity index is 1.51. The fourth-order valence-electron chi connectivity index (χ4n) is 2.84. The fourth-order valence-corrected chi connectivity index (χ4v) is 3.69. The number of rotatable bonds is 4. The molecule has 1 fully saturated rings. The monoisotopic (exact) mass is 354 g/mol. The van der Waals surface area contributed by atoms with E-state index in [9.17, 15) is 4.79 Å². The normalized spacial score (nSPS) is 14.8. The van der Waals surface area contributed by atoms with Crippen molar-refractivity contribution in [1.82, 2.24) is 9.88 Å². The number of thioether (sulfide) groups is 1. The van der Waals surface area contributed by atoms with E-state index in [2.05, 4.69) is 4.98 Å². The maximum absolute atomic E-state index is 12.8. The molecule has 6 heteroatoms. The molecule has 1 saturated heterocycles. The van der Waals surface area contributed by atoms with Crippen LogP contribution in [0.1, 0.15) is 15.9 Å². The second kappa shape index (κ2) is 7.29. The van der Waals surface area contributed by atoms with Gasteiger partial charge < -0.3 is 14.1 Å². The number of morpholine rings is 1. The molecular formula is C19H18N2O3S. The van der Waals surface area contributed by atoms with Crippen LogP contribution in [0.2, 0.25) is 0 Å². The van der Waals surface area contributed by atoms with Crippen LogP contribution in [-0.4, -0.2) is 42.1 Å². The molecule has 5 nitrogen and oxygen atoms in total. The number of fused-ring (bicyclic) bond motifs is 1. The second-order valence-corrected chi connectivity index (χ2v) is 6.72. The van der Waals surface area contributed by atoms with Gasteiger partial charge in [-0.3, -0.25) is 4.79 Å². The first kappa shape index (κ1) is 16.2. The molecule has 0 N–H and O–H groups in total. The highest BCUT2D eigenvalue weighted by molar-refractivity contribution is 7.98. The lowest BCUT2D eigenvalue weighted by Gasteiger charge is -2.27. The molecule has 0 spiro atoms. The van der Waals surface area contributed by atoms with Crippen LogP contribution >= 0.6 is 11.8 Å². The van der Waals surface area contributed by atoms with Crippen LogP contribution in [0.25, 0.3) is 11.1 Å². The molecule has 0 saturated carbocycles. The van der Waals surface area contributed by atoms with Gasteiger partial charge in [0.15, 0.2) is 5.58 Å². The summed E-state index contributed by atoms with van der Waals surface area (Å²) in [4.78, 5) is 19.1. The Bertz CT molecular complexity index is 854. The smallest absolute Gasteiger partial charge is 0.257 e. The maximum Gasteiger partial charge on any atom is 0.257 e. The van der Waals surface area contributed by atoms with E-state index < -0.39 is 0 Å². The van der Waals surface area contributed by atoms with E-state index in [0.29, 0.717) is 37.3 Å². The van der Waals surface area contributed by atoms with Crippen molar-refractivity contribution in [3.8, 4) is 0 Å². The lowest BCUT2D eigenvalue weighted by atomic mass is 10.1. The molecule has 1 aliphatic heterocycles. The van der Waals surface area contributed by atoms with Crippen molar-refractivity contribution >= 4 is 28.8 Å². The summed E-state index contributed by atoms with van der Waals surface area (Å²) >= 11 is 1.50. The quantitative estimate of drug-likeness (QED) is 0.670. The van der Waals surface area contributed by atoms with E-state index in [1.165, 1.54) is 11.8 Å². The van der Waals surface area contributed by atoms with Gasteiger partial charge in [0.2, 0.25) is 0 Å². The average Bonchev–Trinajstić information content (AvgIpc) is 3.10. The zero-order valence-corrected chi connectivity index (χ0v) is 14.5. The molecule has 1 aromatic heterocycles. The highest BCUT2D eigenvalue weighted by Crippen LogP contribution is 2.27. The van der Waals surface area contributed by atoms with Crippen LogP contribution in [0.3, 0.4) is 0 Å². The van der Waals surface area contributed by atoms with Gasteiger partial charge in [-0.1, -0.05) is 42.1 Å². The zero-order valence-electron chi connectivity index (χ0n) is 13.7. The second-order valence-electron chi connectivity index (χ2n) is 5.80. The summed E-state index contributed by atoms with van der Waals surface area (Å²) in [5.74, 6) is 0.705. The molecule has 1 amide bonds. The summed E-state index contributed by atoms with van der Waals surface area (Å²) in [6, 6.07) is 15.4. The first-order valence-corrected chi connectivity index (χ1v) is 9.23. The first-order chi connectivity index (χ1) is 12.3. The minimum atomic E-state index is 0.0667. The third kappa shape index (κ3) is 3.55. The molecule has 25 heavy (non-hydrogen) atoms. The molecule has 0 unspecified atom stereocenters. The van der Waals surface area contributed by atoms with Crippen molar-refractivity contribution in [2.45, 2.75) is 11.0 Å². The van der Waals surface area contributed by atoms with Crippen LogP contribution in [0.4, 0.5) is 0 Å². The SMILES string of the molecule is O=C(c1ccccc1CSc1nc2ccccc2o1)N1CCOCC1. The highest BCUT2D eigenvalue weighted by Gasteiger charge is 2.21. The summed E-state index contributed by atoms with van der Waals surface area (Å²) in [5.41, 5.74) is 3.37. The molecule has 2 heterocycles. The Labute approximate surface area is 150 Å². The van der Waals surface area contributed by atoms with Crippen LogP contribution < -0.4 is 0 Å². The van der Waals surface area contributed by atoms with Gasteiger partial charge in [-0.05, 0) is 23.8 Å². The van der Waals surface area contributed by atoms with Crippen LogP contribution in [0.15, 0.2) is 58.2 Å². The standard InChI is InChI=1S/C19H18N2O3S/c22-18(21-9-11-23-12-10-21)15-6-2-1-5-14(15)13-25-19-20-16-7-3-4-8-17(16)24-19/h1-8H,9-13H2. The van der Waals surface area contributed by atoms with E-state index in [1.54, 1.807) is 0 Å². The van der Waals surface area contributed by atoms with Crippen molar-refractivity contribution in [2.24, 2.45) is 0 Å². The van der Waals surface area contributed by atoms with Gasteiger partial charge in [0, 0.05) is 24.4 Å². The lowest BCUT2D eigenvalue weighted by molar-refractivity contribution is 0.0302. The van der Waals surface area contributed by atoms with Crippen molar-refractivity contribution in [3.05, 3.63) is 59.7 Å². The number of carbonyl (C=O) groups excluding carboxylic acids is 1. The first-order valence-electron chi connectivity index (χ1n) is 8.24. The summed E-state index contributed by atoms with van der Waals surface area (Å²) < 4.78 is 11.1. The molecule has 0 radical (unpaired) electrons. The predicted octanol–water partition coefficient (Wildman–Crippen LogP) is 3.59. The molecule has 0 atom stereocenters. The minimum Gasteiger partial charge on any atom is -0.431 e. The van der Waals surface area contributed by atoms with Crippen molar-refractivity contribution < 1.29 is 13.9 Å². The molecule has 1 aliphatic rings. The zero-order chi connectivity index (χ0) is 17.1. The maximum atomic E-state index is 12.8. The van der Waals surface area contributed by atoms with Crippen molar-refractivity contribution in [2.75, 3.05) is 26.3 Å². The van der Waals surface area contributed by atoms with Crippen LogP contribution in [0.5, 0.6) is 0 Å². The third-order valence-electron chi connectivity index (χ3n) is 4.17. The Morgan fingerprint density at radius 2 is 1.84 bits per heavy atom. The number of aromatic nitrogens is 1. The number of amides is 1. The molecule has 0 aliphatic carbocycles. The Hall–Kier alpha value is -2.31. The van der Waals surface area contributed by atoms with Crippen molar-refractivity contribution in [1.29, 1.82) is 0 Å². The van der Waals surface area contributed by atoms with E-state index in [0.717, 1.165) is 22.2 Å². The van der Waals surface area contributed by atoms with Gasteiger partial charge in [-0.15, -0.1) is 0 Å². The molecular weight excluding hydrogens is 336 g/mol. The lowest BCUT2D eigenvalue weighted by Crippen LogP contribution is -2.41. The Morgan fingerprint density at radius 1 is 1.08 bits per heavy atom.